The van der Waals surface area contributed by atoms with Crippen molar-refractivity contribution in [3.63, 3.8) is 0 Å². The number of aromatic nitrogens is 1. The van der Waals surface area contributed by atoms with Crippen molar-refractivity contribution in [1.82, 2.24) is 20.5 Å². The Bertz CT molecular complexity index is 1280. The maximum absolute atomic E-state index is 12.7. The highest BCUT2D eigenvalue weighted by Crippen LogP contribution is 2.31. The molecule has 1 aromatic heterocycles. The Hall–Kier alpha value is -3.82. The van der Waals surface area contributed by atoms with Crippen molar-refractivity contribution >= 4 is 29.2 Å². The first-order valence-electron chi connectivity index (χ1n) is 12.6. The average Bonchev–Trinajstić information content (AvgIpc) is 3.44. The van der Waals surface area contributed by atoms with Crippen molar-refractivity contribution in [1.29, 1.82) is 0 Å². The van der Waals surface area contributed by atoms with E-state index in [2.05, 4.69) is 25.8 Å². The topological polar surface area (TPSA) is 105 Å². The van der Waals surface area contributed by atoms with Gasteiger partial charge in [0.1, 0.15) is 29.5 Å². The van der Waals surface area contributed by atoms with Crippen LogP contribution in [-0.4, -0.2) is 55.1 Å². The molecule has 2 heterocycles. The number of aryl methyl sites for hydroxylation is 1. The van der Waals surface area contributed by atoms with Crippen LogP contribution in [0.3, 0.4) is 0 Å². The molecule has 0 saturated carbocycles. The highest BCUT2D eigenvalue weighted by molar-refractivity contribution is 6.31. The van der Waals surface area contributed by atoms with Crippen molar-refractivity contribution in [3.8, 4) is 17.2 Å². The van der Waals surface area contributed by atoms with Gasteiger partial charge in [0.2, 0.25) is 0 Å². The zero-order valence-electron chi connectivity index (χ0n) is 21.6. The van der Waals surface area contributed by atoms with Gasteiger partial charge < -0.3 is 25.4 Å². The monoisotopic (exact) mass is 537 g/mol. The summed E-state index contributed by atoms with van der Waals surface area (Å²) in [4.78, 5) is 31.0. The number of likely N-dealkylation sites (tertiary alicyclic amines) is 1. The highest BCUT2D eigenvalue weighted by atomic mass is 35.5. The fraction of sp³-hybridized carbons (Fsp3) is 0.321. The van der Waals surface area contributed by atoms with Gasteiger partial charge in [-0.05, 0) is 68.2 Å². The van der Waals surface area contributed by atoms with Gasteiger partial charge in [0.05, 0.1) is 5.69 Å². The second-order valence-electron chi connectivity index (χ2n) is 9.01. The lowest BCUT2D eigenvalue weighted by Crippen LogP contribution is -2.29. The number of hydrogen-bond acceptors (Lipinski definition) is 6. The van der Waals surface area contributed by atoms with E-state index in [1.54, 1.807) is 31.3 Å². The molecule has 0 aliphatic carbocycles. The molecular formula is C28H32ClN5O4. The van der Waals surface area contributed by atoms with Crippen LogP contribution in [-0.2, 0) is 6.54 Å². The van der Waals surface area contributed by atoms with E-state index in [4.69, 9.17) is 21.1 Å². The lowest BCUT2D eigenvalue weighted by Gasteiger charge is -2.18. The second-order valence-corrected chi connectivity index (χ2v) is 9.42. The number of pyridine rings is 1. The van der Waals surface area contributed by atoms with Gasteiger partial charge in [0.25, 0.3) is 5.91 Å². The summed E-state index contributed by atoms with van der Waals surface area (Å²) < 4.78 is 11.9. The van der Waals surface area contributed by atoms with Crippen molar-refractivity contribution in [2.24, 2.45) is 0 Å². The molecule has 0 atom stereocenters. The molecule has 1 fully saturated rings. The number of ether oxygens (including phenoxy) is 2. The first kappa shape index (κ1) is 27.2. The number of benzene rings is 2. The molecule has 3 aromatic rings. The number of hydrogen-bond donors (Lipinski definition) is 3. The molecule has 1 aliphatic heterocycles. The molecule has 2 aromatic carbocycles. The molecule has 0 bridgehead atoms. The van der Waals surface area contributed by atoms with Gasteiger partial charge in [0.15, 0.2) is 0 Å². The van der Waals surface area contributed by atoms with E-state index >= 15 is 0 Å². The van der Waals surface area contributed by atoms with E-state index in [-0.39, 0.29) is 24.2 Å². The number of urea groups is 1. The third kappa shape index (κ3) is 7.60. The van der Waals surface area contributed by atoms with E-state index in [1.807, 2.05) is 31.2 Å². The van der Waals surface area contributed by atoms with Crippen LogP contribution in [0.15, 0.2) is 54.7 Å². The molecule has 0 spiro atoms. The Labute approximate surface area is 227 Å². The largest absolute Gasteiger partial charge is 0.490 e. The molecule has 1 aliphatic rings. The molecule has 3 N–H and O–H groups in total. The summed E-state index contributed by atoms with van der Waals surface area (Å²) in [5, 5.41) is 8.87. The Morgan fingerprint density at radius 2 is 1.87 bits per heavy atom. The third-order valence-corrected chi connectivity index (χ3v) is 6.56. The van der Waals surface area contributed by atoms with Crippen LogP contribution in [0.2, 0.25) is 5.02 Å². The minimum absolute atomic E-state index is 0.260. The molecule has 0 unspecified atom stereocenters. The number of halogens is 1. The summed E-state index contributed by atoms with van der Waals surface area (Å²) in [6.07, 6.45) is 3.96. The molecular weight excluding hydrogens is 506 g/mol. The maximum atomic E-state index is 12.7. The Morgan fingerprint density at radius 1 is 1.08 bits per heavy atom. The van der Waals surface area contributed by atoms with Crippen LogP contribution in [0.5, 0.6) is 17.2 Å². The number of carbonyl (C=O) groups is 2. The van der Waals surface area contributed by atoms with E-state index in [0.717, 1.165) is 30.8 Å². The normalized spacial score (nSPS) is 13.1. The van der Waals surface area contributed by atoms with Gasteiger partial charge in [-0.25, -0.2) is 4.79 Å². The molecule has 9 nitrogen and oxygen atoms in total. The Balaban J connectivity index is 1.34. The number of nitrogens with zero attached hydrogens (tertiary/aromatic N) is 2. The van der Waals surface area contributed by atoms with Crippen molar-refractivity contribution in [3.05, 3.63) is 76.6 Å². The van der Waals surface area contributed by atoms with Gasteiger partial charge in [-0.1, -0.05) is 23.7 Å². The number of carbonyl (C=O) groups excluding carboxylic acids is 2. The zero-order valence-corrected chi connectivity index (χ0v) is 22.3. The van der Waals surface area contributed by atoms with E-state index in [9.17, 15) is 9.59 Å². The van der Waals surface area contributed by atoms with Crippen LogP contribution in [0.25, 0.3) is 0 Å². The smallest absolute Gasteiger partial charge is 0.319 e. The van der Waals surface area contributed by atoms with Gasteiger partial charge in [-0.3, -0.25) is 14.7 Å². The summed E-state index contributed by atoms with van der Waals surface area (Å²) in [5.41, 5.74) is 2.51. The average molecular weight is 538 g/mol. The summed E-state index contributed by atoms with van der Waals surface area (Å²) in [5.74, 6) is 1.30. The maximum Gasteiger partial charge on any atom is 0.319 e. The minimum atomic E-state index is -0.369. The first-order valence-corrected chi connectivity index (χ1v) is 12.9. The van der Waals surface area contributed by atoms with Crippen LogP contribution >= 0.6 is 11.6 Å². The number of amides is 3. The Morgan fingerprint density at radius 3 is 2.66 bits per heavy atom. The van der Waals surface area contributed by atoms with Crippen molar-refractivity contribution < 1.29 is 19.1 Å². The highest BCUT2D eigenvalue weighted by Gasteiger charge is 2.14. The van der Waals surface area contributed by atoms with Gasteiger partial charge in [-0.15, -0.1) is 0 Å². The summed E-state index contributed by atoms with van der Waals surface area (Å²) in [6.45, 7) is 5.70. The predicted molar refractivity (Wildman–Crippen MR) is 147 cm³/mol. The molecule has 3 amide bonds. The molecule has 10 heteroatoms. The third-order valence-electron chi connectivity index (χ3n) is 6.15. The van der Waals surface area contributed by atoms with E-state index in [0.29, 0.717) is 34.6 Å². The number of nitrogens with one attached hydrogen (secondary N) is 3. The molecule has 1 saturated heterocycles. The second kappa shape index (κ2) is 13.1. The van der Waals surface area contributed by atoms with Gasteiger partial charge in [-0.2, -0.15) is 0 Å². The Kier molecular flexibility index (Phi) is 9.40. The van der Waals surface area contributed by atoms with Crippen LogP contribution in [0.1, 0.15) is 34.5 Å². The van der Waals surface area contributed by atoms with Crippen LogP contribution < -0.4 is 25.4 Å². The fourth-order valence-corrected chi connectivity index (χ4v) is 4.26. The van der Waals surface area contributed by atoms with Crippen molar-refractivity contribution in [2.45, 2.75) is 26.3 Å². The SMILES string of the molecule is CNC(=O)c1cc(Oc2cccc(CNC(=O)Nc3cc(C)c(Cl)cc3OCCN3CCCC3)c2)ccn1. The molecule has 0 radical (unpaired) electrons. The lowest BCUT2D eigenvalue weighted by atomic mass is 10.2. The number of anilines is 1. The van der Waals surface area contributed by atoms with Gasteiger partial charge in [0, 0.05) is 43.5 Å². The van der Waals surface area contributed by atoms with E-state index < -0.39 is 0 Å². The zero-order chi connectivity index (χ0) is 26.9. The standard InChI is InChI=1S/C28H32ClN5O4/c1-19-14-24(26(17-23(19)29)37-13-12-34-10-3-4-11-34)33-28(36)32-18-20-6-5-7-21(15-20)38-22-8-9-31-25(16-22)27(35)30-2/h5-9,14-17H,3-4,10-13,18H2,1-2H3,(H,30,35)(H2,32,33,36). The summed E-state index contributed by atoms with van der Waals surface area (Å²) >= 11 is 6.32. The molecule has 4 rings (SSSR count). The first-order chi connectivity index (χ1) is 18.4. The van der Waals surface area contributed by atoms with Gasteiger partial charge >= 0.3 is 6.03 Å². The predicted octanol–water partition coefficient (Wildman–Crippen LogP) is 4.99. The minimum Gasteiger partial charge on any atom is -0.490 e. The number of rotatable bonds is 10. The lowest BCUT2D eigenvalue weighted by molar-refractivity contribution is 0.0957. The van der Waals surface area contributed by atoms with Crippen LogP contribution in [0.4, 0.5) is 10.5 Å². The fourth-order valence-electron chi connectivity index (χ4n) is 4.10. The van der Waals surface area contributed by atoms with E-state index in [1.165, 1.54) is 19.0 Å². The van der Waals surface area contributed by atoms with Crippen LogP contribution in [0, 0.1) is 6.92 Å². The molecule has 200 valence electrons. The molecule has 38 heavy (non-hydrogen) atoms. The quantitative estimate of drug-likeness (QED) is 0.336. The summed E-state index contributed by atoms with van der Waals surface area (Å²) in [6, 6.07) is 13.8. The summed E-state index contributed by atoms with van der Waals surface area (Å²) in [7, 11) is 1.54. The van der Waals surface area contributed by atoms with Crippen molar-refractivity contribution in [2.75, 3.05) is 38.6 Å².